The van der Waals surface area contributed by atoms with Gasteiger partial charge in [0.25, 0.3) is 0 Å². The molecule has 0 aliphatic heterocycles. The fourth-order valence-corrected chi connectivity index (χ4v) is 4.05. The zero-order valence-corrected chi connectivity index (χ0v) is 9.53. The van der Waals surface area contributed by atoms with Crippen molar-refractivity contribution < 1.29 is 4.74 Å². The molecule has 0 amide bonds. The van der Waals surface area contributed by atoms with Gasteiger partial charge in [0.1, 0.15) is 0 Å². The second-order valence-corrected chi connectivity index (χ2v) is 5.35. The molecule has 0 aromatic heterocycles. The van der Waals surface area contributed by atoms with Crippen LogP contribution < -0.4 is 0 Å². The molecular formula is C14H22O. The van der Waals surface area contributed by atoms with Gasteiger partial charge in [0, 0.05) is 0 Å². The van der Waals surface area contributed by atoms with E-state index in [0.717, 1.165) is 0 Å². The van der Waals surface area contributed by atoms with Gasteiger partial charge in [-0.2, -0.15) is 0 Å². The van der Waals surface area contributed by atoms with E-state index in [2.05, 4.69) is 17.9 Å². The third-order valence-electron chi connectivity index (χ3n) is 4.19. The Hall–Kier alpha value is -0.720. The standard InChI is InChI=1S/C10H16.C4H6O/c1-7-2-9-4-8(1)5-10(3-7)6-9;1-3-5-4-2/h7-10H,1-6H2;3-4H,1-2H2. The van der Waals surface area contributed by atoms with Crippen molar-refractivity contribution in [1.29, 1.82) is 0 Å². The van der Waals surface area contributed by atoms with E-state index in [1.165, 1.54) is 36.2 Å². The van der Waals surface area contributed by atoms with Crippen molar-refractivity contribution in [3.8, 4) is 0 Å². The highest BCUT2D eigenvalue weighted by molar-refractivity contribution is 4.92. The summed E-state index contributed by atoms with van der Waals surface area (Å²) in [5.74, 6) is 4.71. The summed E-state index contributed by atoms with van der Waals surface area (Å²) in [6.45, 7) is 6.51. The van der Waals surface area contributed by atoms with Gasteiger partial charge < -0.3 is 4.74 Å². The summed E-state index contributed by atoms with van der Waals surface area (Å²) in [5.41, 5.74) is 0. The Labute approximate surface area is 93.2 Å². The van der Waals surface area contributed by atoms with Crippen LogP contribution >= 0.6 is 0 Å². The lowest BCUT2D eigenvalue weighted by atomic mass is 9.56. The minimum absolute atomic E-state index is 1.18. The van der Waals surface area contributed by atoms with Crippen LogP contribution in [0.15, 0.2) is 25.7 Å². The zero-order chi connectivity index (χ0) is 10.7. The summed E-state index contributed by atoms with van der Waals surface area (Å²) in [7, 11) is 0. The maximum atomic E-state index is 4.36. The molecule has 1 heteroatoms. The molecule has 0 saturated heterocycles. The molecule has 0 radical (unpaired) electrons. The molecule has 84 valence electrons. The van der Waals surface area contributed by atoms with Crippen molar-refractivity contribution in [2.45, 2.75) is 38.5 Å². The van der Waals surface area contributed by atoms with Gasteiger partial charge in [0.05, 0.1) is 12.5 Å². The fourth-order valence-electron chi connectivity index (χ4n) is 4.05. The molecule has 0 aromatic carbocycles. The summed E-state index contributed by atoms with van der Waals surface area (Å²) < 4.78 is 4.36. The average molecular weight is 206 g/mol. The monoisotopic (exact) mass is 206 g/mol. The van der Waals surface area contributed by atoms with E-state index in [1.807, 2.05) is 0 Å². The van der Waals surface area contributed by atoms with Gasteiger partial charge in [-0.25, -0.2) is 0 Å². The third-order valence-corrected chi connectivity index (χ3v) is 4.19. The van der Waals surface area contributed by atoms with Crippen LogP contribution in [0.5, 0.6) is 0 Å². The van der Waals surface area contributed by atoms with Gasteiger partial charge in [-0.05, 0) is 62.2 Å². The first-order valence-corrected chi connectivity index (χ1v) is 6.19. The van der Waals surface area contributed by atoms with Crippen molar-refractivity contribution >= 4 is 0 Å². The smallest absolute Gasteiger partial charge is 0.0829 e. The molecule has 1 nitrogen and oxygen atoms in total. The van der Waals surface area contributed by atoms with Crippen molar-refractivity contribution in [3.05, 3.63) is 25.7 Å². The summed E-state index contributed by atoms with van der Waals surface area (Å²) in [5, 5.41) is 0. The molecule has 0 N–H and O–H groups in total. The maximum absolute atomic E-state index is 4.36. The van der Waals surface area contributed by atoms with Crippen LogP contribution in [0, 0.1) is 23.7 Å². The normalized spacial score (nSPS) is 40.3. The first-order valence-electron chi connectivity index (χ1n) is 6.19. The summed E-state index contributed by atoms with van der Waals surface area (Å²) >= 11 is 0. The molecule has 4 aliphatic carbocycles. The Kier molecular flexibility index (Phi) is 3.50. The largest absolute Gasteiger partial charge is 0.474 e. The van der Waals surface area contributed by atoms with E-state index < -0.39 is 0 Å². The molecular weight excluding hydrogens is 184 g/mol. The lowest BCUT2D eigenvalue weighted by Gasteiger charge is -2.49. The molecule has 4 rings (SSSR count). The minimum atomic E-state index is 1.18. The maximum Gasteiger partial charge on any atom is 0.0829 e. The van der Waals surface area contributed by atoms with Gasteiger partial charge in [-0.3, -0.25) is 0 Å². The third kappa shape index (κ3) is 2.64. The highest BCUT2D eigenvalue weighted by atomic mass is 16.5. The lowest BCUT2D eigenvalue weighted by molar-refractivity contribution is 0.0198. The minimum Gasteiger partial charge on any atom is -0.474 e. The van der Waals surface area contributed by atoms with Crippen LogP contribution in [0.4, 0.5) is 0 Å². The average Bonchev–Trinajstić information content (AvgIpc) is 2.17. The molecule has 0 aromatic rings. The summed E-state index contributed by atoms with van der Waals surface area (Å²) in [6, 6.07) is 0. The summed E-state index contributed by atoms with van der Waals surface area (Å²) in [6.07, 6.45) is 12.2. The number of hydrogen-bond donors (Lipinski definition) is 0. The van der Waals surface area contributed by atoms with Crippen LogP contribution in [-0.4, -0.2) is 0 Å². The Bertz CT molecular complexity index is 169. The molecule has 15 heavy (non-hydrogen) atoms. The van der Waals surface area contributed by atoms with Crippen molar-refractivity contribution in [2.75, 3.05) is 0 Å². The lowest BCUT2D eigenvalue weighted by Crippen LogP contribution is -2.38. The quantitative estimate of drug-likeness (QED) is 0.617. The van der Waals surface area contributed by atoms with E-state index in [0.29, 0.717) is 0 Å². The molecule has 4 aliphatic rings. The zero-order valence-electron chi connectivity index (χ0n) is 9.53. The number of rotatable bonds is 2. The van der Waals surface area contributed by atoms with E-state index in [1.54, 1.807) is 38.5 Å². The predicted molar refractivity (Wildman–Crippen MR) is 63.1 cm³/mol. The Morgan fingerprint density at radius 1 is 0.667 bits per heavy atom. The van der Waals surface area contributed by atoms with Crippen molar-refractivity contribution in [2.24, 2.45) is 23.7 Å². The first-order chi connectivity index (χ1) is 7.31. The predicted octanol–water partition coefficient (Wildman–Crippen LogP) is 4.12. The fraction of sp³-hybridized carbons (Fsp3) is 0.714. The van der Waals surface area contributed by atoms with E-state index in [4.69, 9.17) is 0 Å². The topological polar surface area (TPSA) is 9.23 Å². The van der Waals surface area contributed by atoms with Gasteiger partial charge in [0.2, 0.25) is 0 Å². The highest BCUT2D eigenvalue weighted by Crippen LogP contribution is 2.53. The summed E-state index contributed by atoms with van der Waals surface area (Å²) in [4.78, 5) is 0. The number of hydrogen-bond acceptors (Lipinski definition) is 1. The molecule has 0 unspecified atom stereocenters. The van der Waals surface area contributed by atoms with Crippen molar-refractivity contribution in [1.82, 2.24) is 0 Å². The van der Waals surface area contributed by atoms with Gasteiger partial charge in [-0.15, -0.1) is 0 Å². The van der Waals surface area contributed by atoms with Gasteiger partial charge >= 0.3 is 0 Å². The second kappa shape index (κ2) is 4.87. The van der Waals surface area contributed by atoms with E-state index >= 15 is 0 Å². The first kappa shape index (κ1) is 10.8. The SMILES string of the molecule is C1C2CC3CC1CC(C2)C3.C=COC=C. The van der Waals surface area contributed by atoms with Crippen LogP contribution in [0.1, 0.15) is 38.5 Å². The Morgan fingerprint density at radius 2 is 0.933 bits per heavy atom. The van der Waals surface area contributed by atoms with E-state index in [-0.39, 0.29) is 0 Å². The highest BCUT2D eigenvalue weighted by Gasteiger charge is 2.41. The van der Waals surface area contributed by atoms with Crippen LogP contribution in [0.25, 0.3) is 0 Å². The Morgan fingerprint density at radius 3 is 1.07 bits per heavy atom. The number of ether oxygens (including phenoxy) is 1. The molecule has 0 spiro atoms. The molecule has 4 bridgehead atoms. The van der Waals surface area contributed by atoms with Gasteiger partial charge in [0.15, 0.2) is 0 Å². The van der Waals surface area contributed by atoms with Gasteiger partial charge in [-0.1, -0.05) is 13.2 Å². The van der Waals surface area contributed by atoms with Crippen LogP contribution in [-0.2, 0) is 4.74 Å². The van der Waals surface area contributed by atoms with Crippen LogP contribution in [0.3, 0.4) is 0 Å². The van der Waals surface area contributed by atoms with Crippen molar-refractivity contribution in [3.63, 3.8) is 0 Å². The molecule has 0 heterocycles. The second-order valence-electron chi connectivity index (χ2n) is 5.35. The molecule has 4 fully saturated rings. The Balaban J connectivity index is 0.000000149. The van der Waals surface area contributed by atoms with E-state index in [9.17, 15) is 0 Å². The molecule has 4 saturated carbocycles. The molecule has 0 atom stereocenters. The van der Waals surface area contributed by atoms with Crippen LogP contribution in [0.2, 0.25) is 0 Å².